The van der Waals surface area contributed by atoms with Crippen LogP contribution in [0.2, 0.25) is 0 Å². The van der Waals surface area contributed by atoms with Crippen LogP contribution in [0.1, 0.15) is 50.1 Å². The van der Waals surface area contributed by atoms with E-state index < -0.39 is 0 Å². The van der Waals surface area contributed by atoms with E-state index in [-0.39, 0.29) is 5.41 Å². The zero-order valence-electron chi connectivity index (χ0n) is 12.3. The van der Waals surface area contributed by atoms with Gasteiger partial charge in [0.25, 0.3) is 0 Å². The molecule has 2 heteroatoms. The van der Waals surface area contributed by atoms with Gasteiger partial charge in [-0.1, -0.05) is 52.0 Å². The Hall–Kier alpha value is -1.70. The van der Waals surface area contributed by atoms with Crippen LogP contribution in [0.3, 0.4) is 0 Å². The SMILES string of the molecule is CCc1cncnc1Cc1ccc(C(C)(C)C)cc1. The summed E-state index contributed by atoms with van der Waals surface area (Å²) in [6.07, 6.45) is 5.43. The average Bonchev–Trinajstić information content (AvgIpc) is 2.39. The summed E-state index contributed by atoms with van der Waals surface area (Å²) in [6, 6.07) is 8.87. The van der Waals surface area contributed by atoms with Gasteiger partial charge in [-0.15, -0.1) is 0 Å². The topological polar surface area (TPSA) is 25.8 Å². The van der Waals surface area contributed by atoms with Crippen LogP contribution in [-0.4, -0.2) is 9.97 Å². The fourth-order valence-electron chi connectivity index (χ4n) is 2.15. The molecule has 0 aliphatic rings. The Labute approximate surface area is 115 Å². The minimum atomic E-state index is 0.210. The van der Waals surface area contributed by atoms with Gasteiger partial charge in [0.05, 0.1) is 5.69 Å². The lowest BCUT2D eigenvalue weighted by Gasteiger charge is -2.19. The van der Waals surface area contributed by atoms with E-state index >= 15 is 0 Å². The van der Waals surface area contributed by atoms with Crippen LogP contribution in [0.15, 0.2) is 36.8 Å². The van der Waals surface area contributed by atoms with E-state index in [0.29, 0.717) is 0 Å². The Kier molecular flexibility index (Phi) is 3.98. The second-order valence-corrected chi connectivity index (χ2v) is 5.97. The van der Waals surface area contributed by atoms with Crippen LogP contribution in [-0.2, 0) is 18.3 Å². The van der Waals surface area contributed by atoms with Gasteiger partial charge in [0, 0.05) is 12.6 Å². The maximum atomic E-state index is 4.40. The Morgan fingerprint density at radius 1 is 1.05 bits per heavy atom. The second-order valence-electron chi connectivity index (χ2n) is 5.97. The number of aryl methyl sites for hydroxylation is 1. The first kappa shape index (κ1) is 13.7. The van der Waals surface area contributed by atoms with Crippen molar-refractivity contribution in [1.82, 2.24) is 9.97 Å². The molecule has 0 N–H and O–H groups in total. The highest BCUT2D eigenvalue weighted by atomic mass is 14.8. The third-order valence-corrected chi connectivity index (χ3v) is 3.45. The van der Waals surface area contributed by atoms with Crippen molar-refractivity contribution in [2.45, 2.75) is 46.0 Å². The van der Waals surface area contributed by atoms with E-state index in [9.17, 15) is 0 Å². The molecule has 2 nitrogen and oxygen atoms in total. The first-order valence-electron chi connectivity index (χ1n) is 6.88. The molecule has 0 saturated carbocycles. The first-order chi connectivity index (χ1) is 9.00. The third kappa shape index (κ3) is 3.40. The zero-order chi connectivity index (χ0) is 13.9. The normalized spacial score (nSPS) is 11.6. The number of hydrogen-bond acceptors (Lipinski definition) is 2. The molecule has 2 aromatic rings. The maximum absolute atomic E-state index is 4.40. The lowest BCUT2D eigenvalue weighted by Crippen LogP contribution is -2.10. The summed E-state index contributed by atoms with van der Waals surface area (Å²) < 4.78 is 0. The summed E-state index contributed by atoms with van der Waals surface area (Å²) in [6.45, 7) is 8.86. The van der Waals surface area contributed by atoms with Gasteiger partial charge in [-0.05, 0) is 28.5 Å². The van der Waals surface area contributed by atoms with Crippen molar-refractivity contribution < 1.29 is 0 Å². The van der Waals surface area contributed by atoms with Gasteiger partial charge in [-0.25, -0.2) is 9.97 Å². The maximum Gasteiger partial charge on any atom is 0.115 e. The van der Waals surface area contributed by atoms with Gasteiger partial charge in [-0.2, -0.15) is 0 Å². The standard InChI is InChI=1S/C17H22N2/c1-5-14-11-18-12-19-16(14)10-13-6-8-15(9-7-13)17(2,3)4/h6-9,11-12H,5,10H2,1-4H3. The largest absolute Gasteiger partial charge is 0.245 e. The van der Waals surface area contributed by atoms with Crippen molar-refractivity contribution in [3.05, 3.63) is 59.2 Å². The lowest BCUT2D eigenvalue weighted by molar-refractivity contribution is 0.590. The zero-order valence-corrected chi connectivity index (χ0v) is 12.3. The molecule has 0 bridgehead atoms. The van der Waals surface area contributed by atoms with Gasteiger partial charge in [0.15, 0.2) is 0 Å². The van der Waals surface area contributed by atoms with E-state index in [2.05, 4.69) is 61.9 Å². The van der Waals surface area contributed by atoms with Crippen LogP contribution >= 0.6 is 0 Å². The highest BCUT2D eigenvalue weighted by Crippen LogP contribution is 2.23. The molecular formula is C17H22N2. The van der Waals surface area contributed by atoms with E-state index in [1.807, 2.05) is 6.20 Å². The molecule has 0 atom stereocenters. The molecule has 0 unspecified atom stereocenters. The molecule has 0 aliphatic carbocycles. The summed E-state index contributed by atoms with van der Waals surface area (Å²) in [5.41, 5.74) is 5.27. The fraction of sp³-hybridized carbons (Fsp3) is 0.412. The molecule has 100 valence electrons. The second kappa shape index (κ2) is 5.52. The molecule has 0 radical (unpaired) electrons. The summed E-state index contributed by atoms with van der Waals surface area (Å²) in [7, 11) is 0. The van der Waals surface area contributed by atoms with Gasteiger partial charge < -0.3 is 0 Å². The van der Waals surface area contributed by atoms with Crippen LogP contribution in [0, 0.1) is 0 Å². The molecule has 19 heavy (non-hydrogen) atoms. The average molecular weight is 254 g/mol. The van der Waals surface area contributed by atoms with Crippen molar-refractivity contribution in [3.8, 4) is 0 Å². The van der Waals surface area contributed by atoms with Crippen LogP contribution in [0.25, 0.3) is 0 Å². The predicted molar refractivity (Wildman–Crippen MR) is 79.4 cm³/mol. The predicted octanol–water partition coefficient (Wildman–Crippen LogP) is 3.93. The molecule has 0 fully saturated rings. The van der Waals surface area contributed by atoms with Crippen molar-refractivity contribution in [3.63, 3.8) is 0 Å². The van der Waals surface area contributed by atoms with Gasteiger partial charge in [0.2, 0.25) is 0 Å². The minimum absolute atomic E-state index is 0.210. The van der Waals surface area contributed by atoms with Crippen molar-refractivity contribution >= 4 is 0 Å². The highest BCUT2D eigenvalue weighted by molar-refractivity contribution is 5.31. The third-order valence-electron chi connectivity index (χ3n) is 3.45. The Bertz CT molecular complexity index is 536. The van der Waals surface area contributed by atoms with Gasteiger partial charge in [-0.3, -0.25) is 0 Å². The van der Waals surface area contributed by atoms with Gasteiger partial charge in [0.1, 0.15) is 6.33 Å². The molecule has 0 saturated heterocycles. The Morgan fingerprint density at radius 2 is 1.74 bits per heavy atom. The quantitative estimate of drug-likeness (QED) is 0.829. The van der Waals surface area contributed by atoms with E-state index in [1.54, 1.807) is 6.33 Å². The monoisotopic (exact) mass is 254 g/mol. The molecule has 1 aromatic heterocycles. The van der Waals surface area contributed by atoms with Crippen molar-refractivity contribution in [2.75, 3.05) is 0 Å². The summed E-state index contributed by atoms with van der Waals surface area (Å²) in [4.78, 5) is 8.50. The van der Waals surface area contributed by atoms with Crippen LogP contribution in [0.4, 0.5) is 0 Å². The number of benzene rings is 1. The number of rotatable bonds is 3. The van der Waals surface area contributed by atoms with E-state index in [0.717, 1.165) is 18.5 Å². The Morgan fingerprint density at radius 3 is 2.32 bits per heavy atom. The molecule has 0 aliphatic heterocycles. The fourth-order valence-corrected chi connectivity index (χ4v) is 2.15. The van der Waals surface area contributed by atoms with Gasteiger partial charge >= 0.3 is 0 Å². The minimum Gasteiger partial charge on any atom is -0.245 e. The summed E-state index contributed by atoms with van der Waals surface area (Å²) >= 11 is 0. The number of hydrogen-bond donors (Lipinski definition) is 0. The molecule has 1 aromatic carbocycles. The molecular weight excluding hydrogens is 232 g/mol. The highest BCUT2D eigenvalue weighted by Gasteiger charge is 2.13. The van der Waals surface area contributed by atoms with Crippen molar-refractivity contribution in [2.24, 2.45) is 0 Å². The summed E-state index contributed by atoms with van der Waals surface area (Å²) in [5.74, 6) is 0. The molecule has 0 amide bonds. The summed E-state index contributed by atoms with van der Waals surface area (Å²) in [5, 5.41) is 0. The smallest absolute Gasteiger partial charge is 0.115 e. The number of aromatic nitrogens is 2. The lowest BCUT2D eigenvalue weighted by atomic mass is 9.86. The molecule has 0 spiro atoms. The van der Waals surface area contributed by atoms with Crippen LogP contribution < -0.4 is 0 Å². The van der Waals surface area contributed by atoms with E-state index in [4.69, 9.17) is 0 Å². The van der Waals surface area contributed by atoms with E-state index in [1.165, 1.54) is 16.7 Å². The molecule has 2 rings (SSSR count). The molecule has 1 heterocycles. The van der Waals surface area contributed by atoms with Crippen molar-refractivity contribution in [1.29, 1.82) is 0 Å². The van der Waals surface area contributed by atoms with Crippen LogP contribution in [0.5, 0.6) is 0 Å². The Balaban J connectivity index is 2.20. The first-order valence-corrected chi connectivity index (χ1v) is 6.88. The number of nitrogens with zero attached hydrogens (tertiary/aromatic N) is 2.